The fourth-order valence-corrected chi connectivity index (χ4v) is 4.51. The zero-order valence-electron chi connectivity index (χ0n) is 18.9. The van der Waals surface area contributed by atoms with E-state index in [2.05, 4.69) is 70.8 Å². The first-order valence-electron chi connectivity index (χ1n) is 11.4. The Bertz CT molecular complexity index is 1050. The van der Waals surface area contributed by atoms with Crippen LogP contribution in [-0.4, -0.2) is 33.7 Å². The molecule has 1 amide bonds. The van der Waals surface area contributed by atoms with Gasteiger partial charge in [0.1, 0.15) is 5.15 Å². The number of carbonyl (C=O) groups is 1. The topological polar surface area (TPSA) is 50.2 Å². The van der Waals surface area contributed by atoms with Gasteiger partial charge in [0.25, 0.3) is 5.91 Å². The molecule has 5 nitrogen and oxygen atoms in total. The molecule has 0 unspecified atom stereocenters. The fraction of sp³-hybridized carbons (Fsp3) is 0.385. The highest BCUT2D eigenvalue weighted by Crippen LogP contribution is 2.21. The van der Waals surface area contributed by atoms with E-state index in [0.29, 0.717) is 29.5 Å². The normalized spacial score (nSPS) is 14.5. The van der Waals surface area contributed by atoms with Crippen molar-refractivity contribution in [2.24, 2.45) is 0 Å². The van der Waals surface area contributed by atoms with Crippen molar-refractivity contribution in [3.05, 3.63) is 87.2 Å². The molecule has 0 atom stereocenters. The number of benzene rings is 2. The van der Waals surface area contributed by atoms with Crippen molar-refractivity contribution in [1.29, 1.82) is 0 Å². The summed E-state index contributed by atoms with van der Waals surface area (Å²) >= 11 is 6.54. The molecule has 2 aromatic carbocycles. The molecule has 2 heterocycles. The number of aromatic nitrogens is 2. The Kier molecular flexibility index (Phi) is 7.28. The Labute approximate surface area is 195 Å². The first-order chi connectivity index (χ1) is 15.5. The van der Waals surface area contributed by atoms with Gasteiger partial charge in [0.2, 0.25) is 0 Å². The van der Waals surface area contributed by atoms with Crippen molar-refractivity contribution < 1.29 is 4.79 Å². The van der Waals surface area contributed by atoms with Gasteiger partial charge in [0, 0.05) is 13.1 Å². The van der Waals surface area contributed by atoms with E-state index in [9.17, 15) is 4.79 Å². The molecule has 0 saturated carbocycles. The number of likely N-dealkylation sites (tertiary alicyclic amines) is 1. The zero-order valence-corrected chi connectivity index (χ0v) is 19.7. The van der Waals surface area contributed by atoms with Crippen LogP contribution in [0.5, 0.6) is 0 Å². The van der Waals surface area contributed by atoms with Gasteiger partial charge >= 0.3 is 0 Å². The summed E-state index contributed by atoms with van der Waals surface area (Å²) < 4.78 is 1.69. The second kappa shape index (κ2) is 10.3. The SMILES string of the molecule is Cc1ccc(Cn2nc(C)c(C(=O)NCc3ccc(CN4CCCCC4)cc3)c2Cl)cc1. The molecule has 0 radical (unpaired) electrons. The van der Waals surface area contributed by atoms with Crippen LogP contribution < -0.4 is 5.32 Å². The van der Waals surface area contributed by atoms with Crippen LogP contribution in [-0.2, 0) is 19.6 Å². The van der Waals surface area contributed by atoms with Crippen LogP contribution in [0.3, 0.4) is 0 Å². The van der Waals surface area contributed by atoms with E-state index >= 15 is 0 Å². The van der Waals surface area contributed by atoms with Gasteiger partial charge < -0.3 is 5.32 Å². The highest BCUT2D eigenvalue weighted by atomic mass is 35.5. The Morgan fingerprint density at radius 1 is 0.906 bits per heavy atom. The lowest BCUT2D eigenvalue weighted by atomic mass is 10.1. The molecule has 32 heavy (non-hydrogen) atoms. The first kappa shape index (κ1) is 22.6. The maximum absolute atomic E-state index is 12.8. The predicted octanol–water partition coefficient (Wildman–Crippen LogP) is 5.12. The van der Waals surface area contributed by atoms with E-state index in [0.717, 1.165) is 17.7 Å². The number of nitrogens with zero attached hydrogens (tertiary/aromatic N) is 3. The van der Waals surface area contributed by atoms with E-state index in [1.165, 1.54) is 43.5 Å². The number of piperidine rings is 1. The van der Waals surface area contributed by atoms with Gasteiger partial charge in [-0.05, 0) is 56.5 Å². The van der Waals surface area contributed by atoms with Crippen LogP contribution in [0.15, 0.2) is 48.5 Å². The third-order valence-corrected chi connectivity index (χ3v) is 6.46. The summed E-state index contributed by atoms with van der Waals surface area (Å²) in [5.41, 5.74) is 5.77. The maximum atomic E-state index is 12.8. The average Bonchev–Trinajstić information content (AvgIpc) is 3.08. The molecule has 1 saturated heterocycles. The number of hydrogen-bond acceptors (Lipinski definition) is 3. The van der Waals surface area contributed by atoms with Gasteiger partial charge in [-0.25, -0.2) is 4.68 Å². The van der Waals surface area contributed by atoms with E-state index in [1.807, 2.05) is 6.92 Å². The van der Waals surface area contributed by atoms with Gasteiger partial charge in [-0.15, -0.1) is 0 Å². The molecular weight excluding hydrogens is 420 g/mol. The zero-order chi connectivity index (χ0) is 22.5. The Morgan fingerprint density at radius 3 is 2.19 bits per heavy atom. The molecule has 168 valence electrons. The highest BCUT2D eigenvalue weighted by Gasteiger charge is 2.20. The summed E-state index contributed by atoms with van der Waals surface area (Å²) in [4.78, 5) is 15.4. The summed E-state index contributed by atoms with van der Waals surface area (Å²) in [6.45, 7) is 8.25. The second-order valence-corrected chi connectivity index (χ2v) is 9.09. The number of aryl methyl sites for hydroxylation is 2. The lowest BCUT2D eigenvalue weighted by Crippen LogP contribution is -2.29. The molecule has 3 aromatic rings. The third-order valence-electron chi connectivity index (χ3n) is 6.08. The largest absolute Gasteiger partial charge is 0.348 e. The van der Waals surface area contributed by atoms with Crippen LogP contribution in [0, 0.1) is 13.8 Å². The molecule has 1 aliphatic rings. The molecular formula is C26H31ClN4O. The van der Waals surface area contributed by atoms with Crippen LogP contribution in [0.25, 0.3) is 0 Å². The van der Waals surface area contributed by atoms with Crippen LogP contribution in [0.1, 0.15) is 57.6 Å². The van der Waals surface area contributed by atoms with Crippen molar-refractivity contribution in [3.8, 4) is 0 Å². The number of hydrogen-bond donors (Lipinski definition) is 1. The Morgan fingerprint density at radius 2 is 1.50 bits per heavy atom. The summed E-state index contributed by atoms with van der Waals surface area (Å²) in [6.07, 6.45) is 3.95. The van der Waals surface area contributed by atoms with E-state index in [4.69, 9.17) is 11.6 Å². The summed E-state index contributed by atoms with van der Waals surface area (Å²) in [5.74, 6) is -0.194. The summed E-state index contributed by atoms with van der Waals surface area (Å²) in [5, 5.41) is 7.86. The van der Waals surface area contributed by atoms with Gasteiger partial charge in [-0.1, -0.05) is 72.1 Å². The standard InChI is InChI=1S/C26H31ClN4O/c1-19-6-8-23(9-7-19)18-31-25(27)24(20(2)29-31)26(32)28-16-21-10-12-22(13-11-21)17-30-14-4-3-5-15-30/h6-13H,3-5,14-18H2,1-2H3,(H,28,32). The van der Waals surface area contributed by atoms with Crippen molar-refractivity contribution in [1.82, 2.24) is 20.0 Å². The van der Waals surface area contributed by atoms with E-state index in [1.54, 1.807) is 4.68 Å². The minimum Gasteiger partial charge on any atom is -0.348 e. The molecule has 1 aliphatic heterocycles. The van der Waals surface area contributed by atoms with Crippen LogP contribution >= 0.6 is 11.6 Å². The summed E-state index contributed by atoms with van der Waals surface area (Å²) in [6, 6.07) is 16.7. The molecule has 1 N–H and O–H groups in total. The lowest BCUT2D eigenvalue weighted by Gasteiger charge is -2.26. The Balaban J connectivity index is 1.35. The predicted molar refractivity (Wildman–Crippen MR) is 129 cm³/mol. The Hall–Kier alpha value is -2.63. The van der Waals surface area contributed by atoms with Gasteiger partial charge in [-0.2, -0.15) is 5.10 Å². The molecule has 0 spiro atoms. The third kappa shape index (κ3) is 5.59. The highest BCUT2D eigenvalue weighted by molar-refractivity contribution is 6.33. The number of rotatable bonds is 7. The van der Waals surface area contributed by atoms with Crippen LogP contribution in [0.2, 0.25) is 5.15 Å². The first-order valence-corrected chi connectivity index (χ1v) is 11.7. The number of carbonyl (C=O) groups excluding carboxylic acids is 1. The van der Waals surface area contributed by atoms with Crippen molar-refractivity contribution >= 4 is 17.5 Å². The number of halogens is 1. The van der Waals surface area contributed by atoms with Gasteiger partial charge in [0.05, 0.1) is 17.8 Å². The monoisotopic (exact) mass is 450 g/mol. The van der Waals surface area contributed by atoms with Gasteiger partial charge in [0.15, 0.2) is 0 Å². The van der Waals surface area contributed by atoms with Crippen molar-refractivity contribution in [2.75, 3.05) is 13.1 Å². The van der Waals surface area contributed by atoms with Crippen LogP contribution in [0.4, 0.5) is 0 Å². The van der Waals surface area contributed by atoms with Crippen molar-refractivity contribution in [3.63, 3.8) is 0 Å². The second-order valence-electron chi connectivity index (χ2n) is 8.73. The molecule has 0 aliphatic carbocycles. The lowest BCUT2D eigenvalue weighted by molar-refractivity contribution is 0.0950. The quantitative estimate of drug-likeness (QED) is 0.543. The molecule has 4 rings (SSSR count). The number of nitrogens with one attached hydrogen (secondary N) is 1. The van der Waals surface area contributed by atoms with E-state index < -0.39 is 0 Å². The average molecular weight is 451 g/mol. The van der Waals surface area contributed by atoms with E-state index in [-0.39, 0.29) is 5.91 Å². The molecule has 6 heteroatoms. The van der Waals surface area contributed by atoms with Gasteiger partial charge in [-0.3, -0.25) is 9.69 Å². The fourth-order valence-electron chi connectivity index (χ4n) is 4.19. The molecule has 0 bridgehead atoms. The number of amides is 1. The minimum atomic E-state index is -0.194. The smallest absolute Gasteiger partial charge is 0.256 e. The molecule has 1 fully saturated rings. The molecule has 1 aromatic heterocycles. The summed E-state index contributed by atoms with van der Waals surface area (Å²) in [7, 11) is 0. The minimum absolute atomic E-state index is 0.194. The maximum Gasteiger partial charge on any atom is 0.256 e. The van der Waals surface area contributed by atoms with Crippen molar-refractivity contribution in [2.45, 2.75) is 52.7 Å².